The molecule has 1 unspecified atom stereocenters. The number of hydrogen-bond donors (Lipinski definition) is 1. The molecule has 112 valence electrons. The first-order valence-corrected chi connectivity index (χ1v) is 7.99. The molecule has 0 aliphatic heterocycles. The molecule has 0 bridgehead atoms. The number of rotatable bonds is 9. The van der Waals surface area contributed by atoms with Gasteiger partial charge in [-0.05, 0) is 30.8 Å². The fourth-order valence-corrected chi connectivity index (χ4v) is 1.68. The van der Waals surface area contributed by atoms with Crippen molar-refractivity contribution in [2.45, 2.75) is 39.7 Å². The molecule has 1 N–H and O–H groups in total. The van der Waals surface area contributed by atoms with Gasteiger partial charge < -0.3 is 14.8 Å². The monoisotopic (exact) mass is 291 g/mol. The third-order valence-corrected chi connectivity index (χ3v) is 2.83. The molecule has 5 nitrogen and oxygen atoms in total. The molecule has 0 saturated carbocycles. The molecule has 0 spiro atoms. The molecule has 0 rings (SSSR count). The molecular weight excluding hydrogens is 266 g/mol. The van der Waals surface area contributed by atoms with E-state index in [0.29, 0.717) is 19.6 Å². The molecule has 0 aromatic rings. The van der Waals surface area contributed by atoms with Crippen molar-refractivity contribution in [3.63, 3.8) is 0 Å². The minimum absolute atomic E-state index is 0.275. The van der Waals surface area contributed by atoms with E-state index in [4.69, 9.17) is 9.47 Å². The Morgan fingerprint density at radius 3 is 2.47 bits per heavy atom. The first-order valence-electron chi connectivity index (χ1n) is 6.60. The Balaban J connectivity index is 4.27. The van der Waals surface area contributed by atoms with Gasteiger partial charge in [-0.25, -0.2) is 9.59 Å². The molecule has 19 heavy (non-hydrogen) atoms. The molecule has 6 heteroatoms. The number of alkyl carbamates (subject to hydrolysis) is 1. The second-order valence-corrected chi connectivity index (χ2v) is 5.62. The van der Waals surface area contributed by atoms with Gasteiger partial charge in [0.05, 0.1) is 13.2 Å². The number of thioether (sulfide) groups is 1. The molecular formula is C13H25NO4S. The molecule has 1 atom stereocenters. The van der Waals surface area contributed by atoms with Crippen molar-refractivity contribution in [2.75, 3.05) is 25.2 Å². The quantitative estimate of drug-likeness (QED) is 0.661. The predicted molar refractivity (Wildman–Crippen MR) is 77.4 cm³/mol. The summed E-state index contributed by atoms with van der Waals surface area (Å²) in [5.41, 5.74) is 0. The second kappa shape index (κ2) is 11.0. The molecule has 0 aromatic heterocycles. The van der Waals surface area contributed by atoms with Crippen molar-refractivity contribution < 1.29 is 19.1 Å². The van der Waals surface area contributed by atoms with E-state index in [1.807, 2.05) is 27.0 Å². The maximum atomic E-state index is 11.9. The Hall–Kier alpha value is -0.910. The highest BCUT2D eigenvalue weighted by Crippen LogP contribution is 2.05. The van der Waals surface area contributed by atoms with Gasteiger partial charge in [-0.15, -0.1) is 0 Å². The van der Waals surface area contributed by atoms with E-state index in [1.54, 1.807) is 11.8 Å². The zero-order chi connectivity index (χ0) is 14.7. The molecule has 0 aliphatic rings. The predicted octanol–water partition coefficient (Wildman–Crippen LogP) is 2.44. The molecule has 0 heterocycles. The van der Waals surface area contributed by atoms with Gasteiger partial charge in [0.15, 0.2) is 0 Å². The lowest BCUT2D eigenvalue weighted by Crippen LogP contribution is -2.43. The summed E-state index contributed by atoms with van der Waals surface area (Å²) in [6.45, 7) is 6.55. The highest BCUT2D eigenvalue weighted by atomic mass is 32.2. The van der Waals surface area contributed by atoms with Crippen molar-refractivity contribution in [3.05, 3.63) is 0 Å². The number of nitrogens with one attached hydrogen (secondary N) is 1. The minimum Gasteiger partial charge on any atom is -0.464 e. The smallest absolute Gasteiger partial charge is 0.407 e. The van der Waals surface area contributed by atoms with Crippen molar-refractivity contribution in [1.82, 2.24) is 5.32 Å². The van der Waals surface area contributed by atoms with Gasteiger partial charge in [0.1, 0.15) is 6.04 Å². The van der Waals surface area contributed by atoms with Gasteiger partial charge in [0.25, 0.3) is 0 Å². The minimum atomic E-state index is -0.629. The van der Waals surface area contributed by atoms with Crippen molar-refractivity contribution in [2.24, 2.45) is 5.92 Å². The van der Waals surface area contributed by atoms with E-state index >= 15 is 0 Å². The van der Waals surface area contributed by atoms with Crippen LogP contribution in [0.3, 0.4) is 0 Å². The summed E-state index contributed by atoms with van der Waals surface area (Å²) < 4.78 is 10.1. The van der Waals surface area contributed by atoms with E-state index in [1.165, 1.54) is 0 Å². The van der Waals surface area contributed by atoms with Crippen molar-refractivity contribution in [1.29, 1.82) is 0 Å². The van der Waals surface area contributed by atoms with Crippen LogP contribution < -0.4 is 5.32 Å². The molecule has 0 saturated heterocycles. The van der Waals surface area contributed by atoms with Crippen LogP contribution in [0.4, 0.5) is 4.79 Å². The van der Waals surface area contributed by atoms with Crippen molar-refractivity contribution >= 4 is 23.8 Å². The number of ether oxygens (including phenoxy) is 2. The second-order valence-electron chi connectivity index (χ2n) is 4.64. The zero-order valence-electron chi connectivity index (χ0n) is 12.2. The summed E-state index contributed by atoms with van der Waals surface area (Å²) in [5.74, 6) is 0.656. The van der Waals surface area contributed by atoms with E-state index in [2.05, 4.69) is 5.32 Å². The van der Waals surface area contributed by atoms with Crippen LogP contribution in [-0.4, -0.2) is 43.3 Å². The van der Waals surface area contributed by atoms with E-state index < -0.39 is 18.1 Å². The molecule has 1 amide bonds. The highest BCUT2D eigenvalue weighted by molar-refractivity contribution is 7.98. The van der Waals surface area contributed by atoms with E-state index in [-0.39, 0.29) is 5.92 Å². The summed E-state index contributed by atoms with van der Waals surface area (Å²) in [7, 11) is 0. The number of carbonyl (C=O) groups is 2. The average molecular weight is 291 g/mol. The fourth-order valence-electron chi connectivity index (χ4n) is 1.21. The maximum Gasteiger partial charge on any atom is 0.407 e. The molecule has 0 radical (unpaired) electrons. The van der Waals surface area contributed by atoms with Crippen LogP contribution in [0.15, 0.2) is 0 Å². The van der Waals surface area contributed by atoms with Gasteiger partial charge in [0, 0.05) is 0 Å². The van der Waals surface area contributed by atoms with Gasteiger partial charge in [-0.2, -0.15) is 11.8 Å². The van der Waals surface area contributed by atoms with Crippen LogP contribution >= 0.6 is 11.8 Å². The highest BCUT2D eigenvalue weighted by Gasteiger charge is 2.22. The third-order valence-electron chi connectivity index (χ3n) is 2.18. The third kappa shape index (κ3) is 9.64. The fraction of sp³-hybridized carbons (Fsp3) is 0.846. The molecule has 0 aromatic carbocycles. The summed E-state index contributed by atoms with van der Waals surface area (Å²) >= 11 is 1.62. The summed E-state index contributed by atoms with van der Waals surface area (Å²) in [6.07, 6.45) is 2.68. The SMILES string of the molecule is CCCOC(=O)NC(CCSC)C(=O)OCC(C)C. The summed E-state index contributed by atoms with van der Waals surface area (Å²) in [5, 5.41) is 2.56. The first kappa shape index (κ1) is 18.1. The normalized spacial score (nSPS) is 12.1. The number of amides is 1. The lowest BCUT2D eigenvalue weighted by molar-refractivity contribution is -0.147. The average Bonchev–Trinajstić information content (AvgIpc) is 2.38. The summed E-state index contributed by atoms with van der Waals surface area (Å²) in [6, 6.07) is -0.629. The number of carbonyl (C=O) groups excluding carboxylic acids is 2. The van der Waals surface area contributed by atoms with Crippen LogP contribution in [0.2, 0.25) is 0 Å². The first-order chi connectivity index (χ1) is 9.01. The molecule has 0 aliphatic carbocycles. The van der Waals surface area contributed by atoms with Gasteiger partial charge in [-0.1, -0.05) is 20.8 Å². The summed E-state index contributed by atoms with van der Waals surface area (Å²) in [4.78, 5) is 23.3. The largest absolute Gasteiger partial charge is 0.464 e. The Morgan fingerprint density at radius 2 is 1.95 bits per heavy atom. The lowest BCUT2D eigenvalue weighted by Gasteiger charge is -2.17. The van der Waals surface area contributed by atoms with Crippen LogP contribution in [0.5, 0.6) is 0 Å². The van der Waals surface area contributed by atoms with E-state index in [9.17, 15) is 9.59 Å². The Morgan fingerprint density at radius 1 is 1.26 bits per heavy atom. The van der Waals surface area contributed by atoms with Crippen LogP contribution in [-0.2, 0) is 14.3 Å². The van der Waals surface area contributed by atoms with Gasteiger partial charge in [-0.3, -0.25) is 0 Å². The number of esters is 1. The Kier molecular flexibility index (Phi) is 10.4. The zero-order valence-corrected chi connectivity index (χ0v) is 13.0. The topological polar surface area (TPSA) is 64.6 Å². The van der Waals surface area contributed by atoms with E-state index in [0.717, 1.165) is 12.2 Å². The van der Waals surface area contributed by atoms with Crippen LogP contribution in [0.25, 0.3) is 0 Å². The van der Waals surface area contributed by atoms with Gasteiger partial charge in [0.2, 0.25) is 0 Å². The standard InChI is InChI=1S/C13H25NO4S/c1-5-7-17-13(16)14-11(6-8-19-4)12(15)18-9-10(2)3/h10-11H,5-9H2,1-4H3,(H,14,16). The number of hydrogen-bond acceptors (Lipinski definition) is 5. The lowest BCUT2D eigenvalue weighted by atomic mass is 10.2. The Labute approximate surface area is 119 Å². The van der Waals surface area contributed by atoms with Crippen LogP contribution in [0.1, 0.15) is 33.6 Å². The molecule has 0 fully saturated rings. The van der Waals surface area contributed by atoms with Crippen LogP contribution in [0, 0.1) is 5.92 Å². The Bertz CT molecular complexity index is 271. The maximum absolute atomic E-state index is 11.9. The van der Waals surface area contributed by atoms with Gasteiger partial charge >= 0.3 is 12.1 Å². The van der Waals surface area contributed by atoms with Crippen molar-refractivity contribution in [3.8, 4) is 0 Å².